The molecule has 2 aromatic heterocycles. The Labute approximate surface area is 145 Å². The van der Waals surface area contributed by atoms with Crippen molar-refractivity contribution < 1.29 is 13.9 Å². The van der Waals surface area contributed by atoms with Crippen LogP contribution in [0.2, 0.25) is 0 Å². The van der Waals surface area contributed by atoms with Crippen molar-refractivity contribution in [1.29, 1.82) is 0 Å². The summed E-state index contributed by atoms with van der Waals surface area (Å²) in [6.45, 7) is 4.45. The van der Waals surface area contributed by atoms with Crippen molar-refractivity contribution >= 4 is 16.8 Å². The number of hydrogen-bond acceptors (Lipinski definition) is 7. The predicted octanol–water partition coefficient (Wildman–Crippen LogP) is 2.09. The second kappa shape index (κ2) is 7.40. The van der Waals surface area contributed by atoms with Crippen molar-refractivity contribution in [3.63, 3.8) is 0 Å². The number of nitrogens with one attached hydrogen (secondary N) is 1. The minimum atomic E-state index is 0.384. The maximum absolute atomic E-state index is 5.81. The molecule has 3 aromatic rings. The fourth-order valence-electron chi connectivity index (χ4n) is 2.88. The summed E-state index contributed by atoms with van der Waals surface area (Å²) >= 11 is 0. The lowest BCUT2D eigenvalue weighted by Crippen LogP contribution is -2.44. The van der Waals surface area contributed by atoms with Crippen LogP contribution in [0.1, 0.15) is 0 Å². The van der Waals surface area contributed by atoms with E-state index in [1.54, 1.807) is 18.7 Å². The first-order chi connectivity index (χ1) is 12.4. The zero-order valence-electron chi connectivity index (χ0n) is 13.9. The van der Waals surface area contributed by atoms with Crippen LogP contribution in [0.3, 0.4) is 0 Å². The molecule has 1 aliphatic rings. The van der Waals surface area contributed by atoms with Crippen molar-refractivity contribution in [2.45, 2.75) is 0 Å². The van der Waals surface area contributed by atoms with Gasteiger partial charge in [0.1, 0.15) is 13.2 Å². The lowest BCUT2D eigenvalue weighted by atomic mass is 10.2. The number of aromatic nitrogens is 2. The van der Waals surface area contributed by atoms with Crippen LogP contribution in [-0.2, 0) is 0 Å². The van der Waals surface area contributed by atoms with Gasteiger partial charge in [0.05, 0.1) is 6.26 Å². The predicted molar refractivity (Wildman–Crippen MR) is 94.3 cm³/mol. The average molecular weight is 340 g/mol. The largest absolute Gasteiger partial charge is 0.486 e. The molecule has 0 saturated carbocycles. The van der Waals surface area contributed by atoms with Gasteiger partial charge >= 0.3 is 0 Å². The first-order valence-electron chi connectivity index (χ1n) is 8.40. The average Bonchev–Trinajstić information content (AvgIpc) is 3.16. The summed E-state index contributed by atoms with van der Waals surface area (Å²) in [6, 6.07) is 7.74. The van der Waals surface area contributed by atoms with E-state index >= 15 is 0 Å². The first-order valence-corrected chi connectivity index (χ1v) is 8.40. The van der Waals surface area contributed by atoms with Gasteiger partial charge in [-0.25, -0.2) is 9.97 Å². The Balaban J connectivity index is 1.36. The summed E-state index contributed by atoms with van der Waals surface area (Å²) in [7, 11) is 0. The van der Waals surface area contributed by atoms with E-state index in [-0.39, 0.29) is 0 Å². The molecule has 7 heteroatoms. The Morgan fingerprint density at radius 3 is 2.80 bits per heavy atom. The highest BCUT2D eigenvalue weighted by molar-refractivity contribution is 5.82. The number of benzene rings is 1. The lowest BCUT2D eigenvalue weighted by Gasteiger charge is -2.28. The zero-order valence-corrected chi connectivity index (χ0v) is 13.9. The molecular formula is C18H20N4O3. The van der Waals surface area contributed by atoms with Gasteiger partial charge in [-0.15, -0.1) is 0 Å². The first kappa shape index (κ1) is 15.7. The van der Waals surface area contributed by atoms with Gasteiger partial charge < -0.3 is 24.1 Å². The van der Waals surface area contributed by atoms with Gasteiger partial charge in [0, 0.05) is 44.0 Å². The van der Waals surface area contributed by atoms with Crippen LogP contribution < -0.4 is 19.7 Å². The van der Waals surface area contributed by atoms with Crippen LogP contribution in [0.4, 0.5) is 5.82 Å². The third-order valence-electron chi connectivity index (χ3n) is 4.09. The van der Waals surface area contributed by atoms with Gasteiger partial charge in [-0.3, -0.25) is 0 Å². The number of furan rings is 1. The standard InChI is InChI=1S/C18H20N4O3/c1-2-14-4-11-24-16(14)15(3-1)23-12-13-25-18-17(20-5-6-21-18)22-9-7-19-8-10-22/h1-6,11,19H,7-10,12-13H2. The molecule has 1 saturated heterocycles. The summed E-state index contributed by atoms with van der Waals surface area (Å²) in [5, 5.41) is 4.35. The zero-order chi connectivity index (χ0) is 16.9. The molecule has 25 heavy (non-hydrogen) atoms. The molecule has 0 amide bonds. The van der Waals surface area contributed by atoms with Gasteiger partial charge in [0.25, 0.3) is 5.88 Å². The topological polar surface area (TPSA) is 72.7 Å². The number of anilines is 1. The Morgan fingerprint density at radius 1 is 1.04 bits per heavy atom. The third-order valence-corrected chi connectivity index (χ3v) is 4.09. The third kappa shape index (κ3) is 3.51. The molecule has 0 spiro atoms. The fourth-order valence-corrected chi connectivity index (χ4v) is 2.88. The fraction of sp³-hybridized carbons (Fsp3) is 0.333. The molecule has 3 heterocycles. The molecule has 1 aliphatic heterocycles. The number of rotatable bonds is 6. The summed E-state index contributed by atoms with van der Waals surface area (Å²) < 4.78 is 17.1. The van der Waals surface area contributed by atoms with E-state index in [1.807, 2.05) is 24.3 Å². The van der Waals surface area contributed by atoms with E-state index < -0.39 is 0 Å². The number of hydrogen-bond donors (Lipinski definition) is 1. The molecule has 0 aliphatic carbocycles. The SMILES string of the molecule is c1cc(OCCOc2nccnc2N2CCNCC2)c2occc2c1. The maximum atomic E-state index is 5.81. The van der Waals surface area contributed by atoms with E-state index in [0.29, 0.717) is 24.8 Å². The molecule has 0 radical (unpaired) electrons. The molecule has 1 fully saturated rings. The van der Waals surface area contributed by atoms with Gasteiger partial charge in [-0.2, -0.15) is 0 Å². The van der Waals surface area contributed by atoms with Crippen molar-refractivity contribution in [3.05, 3.63) is 42.9 Å². The second-order valence-electron chi connectivity index (χ2n) is 5.71. The van der Waals surface area contributed by atoms with Crippen LogP contribution in [0.15, 0.2) is 47.3 Å². The monoisotopic (exact) mass is 340 g/mol. The van der Waals surface area contributed by atoms with Crippen LogP contribution >= 0.6 is 0 Å². The molecule has 1 aromatic carbocycles. The Morgan fingerprint density at radius 2 is 1.88 bits per heavy atom. The Bertz CT molecular complexity index is 830. The molecule has 1 N–H and O–H groups in total. The number of ether oxygens (including phenoxy) is 2. The highest BCUT2D eigenvalue weighted by Gasteiger charge is 2.17. The van der Waals surface area contributed by atoms with Crippen molar-refractivity contribution in [1.82, 2.24) is 15.3 Å². The molecule has 130 valence electrons. The van der Waals surface area contributed by atoms with Gasteiger partial charge in [0.2, 0.25) is 0 Å². The van der Waals surface area contributed by atoms with Crippen molar-refractivity contribution in [2.75, 3.05) is 44.3 Å². The summed E-state index contributed by atoms with van der Waals surface area (Å²) in [4.78, 5) is 10.9. The summed E-state index contributed by atoms with van der Waals surface area (Å²) in [6.07, 6.45) is 5.00. The lowest BCUT2D eigenvalue weighted by molar-refractivity contribution is 0.211. The highest BCUT2D eigenvalue weighted by atomic mass is 16.5. The maximum Gasteiger partial charge on any atom is 0.257 e. The highest BCUT2D eigenvalue weighted by Crippen LogP contribution is 2.26. The van der Waals surface area contributed by atoms with E-state index in [1.165, 1.54) is 0 Å². The number of para-hydroxylation sites is 1. The van der Waals surface area contributed by atoms with E-state index in [2.05, 4.69) is 20.2 Å². The van der Waals surface area contributed by atoms with Crippen LogP contribution in [-0.4, -0.2) is 49.4 Å². The van der Waals surface area contributed by atoms with Gasteiger partial charge in [-0.1, -0.05) is 12.1 Å². The number of fused-ring (bicyclic) bond motifs is 1. The molecule has 7 nitrogen and oxygen atoms in total. The molecule has 0 unspecified atom stereocenters. The van der Waals surface area contributed by atoms with Crippen LogP contribution in [0.25, 0.3) is 11.0 Å². The molecule has 4 rings (SSSR count). The Kier molecular flexibility index (Phi) is 4.65. The van der Waals surface area contributed by atoms with E-state index in [0.717, 1.165) is 43.0 Å². The second-order valence-corrected chi connectivity index (χ2v) is 5.71. The van der Waals surface area contributed by atoms with Crippen molar-refractivity contribution in [2.24, 2.45) is 0 Å². The summed E-state index contributed by atoms with van der Waals surface area (Å²) in [5.74, 6) is 2.05. The summed E-state index contributed by atoms with van der Waals surface area (Å²) in [5.41, 5.74) is 0.753. The number of nitrogens with zero attached hydrogens (tertiary/aromatic N) is 3. The minimum Gasteiger partial charge on any atom is -0.486 e. The van der Waals surface area contributed by atoms with Crippen LogP contribution in [0, 0.1) is 0 Å². The normalized spacial score (nSPS) is 14.6. The quantitative estimate of drug-likeness (QED) is 0.689. The number of piperazine rings is 1. The Hall–Kier alpha value is -2.80. The van der Waals surface area contributed by atoms with Gasteiger partial charge in [0.15, 0.2) is 17.2 Å². The smallest absolute Gasteiger partial charge is 0.257 e. The molecule has 0 bridgehead atoms. The van der Waals surface area contributed by atoms with Gasteiger partial charge in [-0.05, 0) is 12.1 Å². The molecular weight excluding hydrogens is 320 g/mol. The van der Waals surface area contributed by atoms with E-state index in [9.17, 15) is 0 Å². The minimum absolute atomic E-state index is 0.384. The van der Waals surface area contributed by atoms with E-state index in [4.69, 9.17) is 13.9 Å². The molecule has 0 atom stereocenters. The van der Waals surface area contributed by atoms with Crippen molar-refractivity contribution in [3.8, 4) is 11.6 Å². The van der Waals surface area contributed by atoms with Crippen LogP contribution in [0.5, 0.6) is 11.6 Å².